The molecule has 10 aromatic rings. The van der Waals surface area contributed by atoms with E-state index in [0.717, 1.165) is 83.5 Å². The van der Waals surface area contributed by atoms with Crippen LogP contribution in [0.5, 0.6) is 0 Å². The zero-order valence-electron chi connectivity index (χ0n) is 35.1. The molecule has 0 spiro atoms. The second-order valence-corrected chi connectivity index (χ2v) is 16.3. The van der Waals surface area contributed by atoms with Gasteiger partial charge in [0.1, 0.15) is 0 Å². The Balaban J connectivity index is 1.08. The Hall–Kier alpha value is -8.00. The highest BCUT2D eigenvalue weighted by atomic mass is 15.0. The molecule has 0 N–H and O–H groups in total. The first kappa shape index (κ1) is 38.2. The number of hydrogen-bond acceptors (Lipinski definition) is 3. The summed E-state index contributed by atoms with van der Waals surface area (Å²) in [6.45, 7) is 16.6. The molecule has 0 radical (unpaired) electrons. The Morgan fingerprint density at radius 2 is 0.806 bits per heavy atom. The summed E-state index contributed by atoms with van der Waals surface area (Å²) in [5, 5.41) is 4.96. The highest BCUT2D eigenvalue weighted by Crippen LogP contribution is 2.41. The predicted octanol–water partition coefficient (Wildman–Crippen LogP) is 15.6. The van der Waals surface area contributed by atoms with Gasteiger partial charge in [0.2, 0.25) is 0 Å². The minimum Gasteiger partial charge on any atom is -0.238 e. The Morgan fingerprint density at radius 1 is 0.323 bits per heavy atom. The van der Waals surface area contributed by atoms with Crippen LogP contribution in [0.1, 0.15) is 22.3 Å². The summed E-state index contributed by atoms with van der Waals surface area (Å²) < 4.78 is 0. The number of benzene rings is 9. The Kier molecular flexibility index (Phi) is 9.79. The van der Waals surface area contributed by atoms with Gasteiger partial charge in [0, 0.05) is 16.7 Å². The van der Waals surface area contributed by atoms with Crippen molar-refractivity contribution in [2.45, 2.75) is 27.7 Å². The summed E-state index contributed by atoms with van der Waals surface area (Å²) in [5.74, 6) is 1.86. The largest absolute Gasteiger partial charge is 0.238 e. The van der Waals surface area contributed by atoms with E-state index in [1.807, 2.05) is 18.2 Å². The number of aromatic nitrogens is 3. The van der Waals surface area contributed by atoms with Gasteiger partial charge in [-0.15, -0.1) is 0 Å². The number of nitrogens with zero attached hydrogens (tertiary/aromatic N) is 4. The van der Waals surface area contributed by atoms with E-state index in [1.54, 1.807) is 0 Å². The summed E-state index contributed by atoms with van der Waals surface area (Å²) in [5.41, 5.74) is 16.3. The van der Waals surface area contributed by atoms with Crippen LogP contribution in [0.25, 0.3) is 105 Å². The van der Waals surface area contributed by atoms with Crippen LogP contribution in [0, 0.1) is 34.3 Å². The maximum Gasteiger partial charge on any atom is 0.188 e. The normalized spacial score (nSPS) is 11.2. The lowest BCUT2D eigenvalue weighted by atomic mass is 9.89. The van der Waals surface area contributed by atoms with Crippen molar-refractivity contribution in [1.82, 2.24) is 15.0 Å². The quantitative estimate of drug-likeness (QED) is 0.119. The molecule has 9 aromatic carbocycles. The summed E-state index contributed by atoms with van der Waals surface area (Å²) in [6, 6.07) is 64.2. The summed E-state index contributed by atoms with van der Waals surface area (Å²) in [4.78, 5) is 19.5. The van der Waals surface area contributed by atoms with E-state index in [4.69, 9.17) is 21.5 Å². The molecule has 4 nitrogen and oxygen atoms in total. The molecule has 62 heavy (non-hydrogen) atoms. The fraction of sp³-hybridized carbons (Fsp3) is 0.0690. The van der Waals surface area contributed by atoms with Crippen LogP contribution >= 0.6 is 0 Å². The van der Waals surface area contributed by atoms with E-state index in [-0.39, 0.29) is 0 Å². The van der Waals surface area contributed by atoms with E-state index in [1.165, 1.54) is 21.5 Å². The minimum atomic E-state index is 0.581. The van der Waals surface area contributed by atoms with Crippen LogP contribution in [0.2, 0.25) is 0 Å². The van der Waals surface area contributed by atoms with Crippen molar-refractivity contribution in [1.29, 1.82) is 0 Å². The fourth-order valence-electron chi connectivity index (χ4n) is 8.91. The minimum absolute atomic E-state index is 0.581. The van der Waals surface area contributed by atoms with E-state index < -0.39 is 0 Å². The lowest BCUT2D eigenvalue weighted by Gasteiger charge is -2.16. The highest BCUT2D eigenvalue weighted by Gasteiger charge is 2.19. The van der Waals surface area contributed by atoms with Gasteiger partial charge in [0.25, 0.3) is 0 Å². The van der Waals surface area contributed by atoms with Gasteiger partial charge in [-0.05, 0) is 148 Å². The van der Waals surface area contributed by atoms with Gasteiger partial charge in [-0.1, -0.05) is 150 Å². The molecule has 0 aliphatic rings. The van der Waals surface area contributed by atoms with Crippen molar-refractivity contribution in [3.8, 4) is 78.7 Å². The Bertz CT molecular complexity index is 3320. The molecule has 0 saturated carbocycles. The Morgan fingerprint density at radius 3 is 1.47 bits per heavy atom. The zero-order chi connectivity index (χ0) is 42.3. The lowest BCUT2D eigenvalue weighted by Crippen LogP contribution is -2.02. The first-order chi connectivity index (χ1) is 30.3. The van der Waals surface area contributed by atoms with Gasteiger partial charge >= 0.3 is 0 Å². The van der Waals surface area contributed by atoms with Crippen molar-refractivity contribution in [2.24, 2.45) is 0 Å². The maximum atomic E-state index is 8.17. The molecular formula is C58H42N4. The number of hydrogen-bond donors (Lipinski definition) is 0. The second kappa shape index (κ2) is 15.9. The van der Waals surface area contributed by atoms with Gasteiger partial charge < -0.3 is 0 Å². The van der Waals surface area contributed by atoms with Gasteiger partial charge in [-0.3, -0.25) is 0 Å². The molecule has 0 bridgehead atoms. The first-order valence-corrected chi connectivity index (χ1v) is 20.9. The molecular weight excluding hydrogens is 753 g/mol. The second-order valence-electron chi connectivity index (χ2n) is 16.3. The molecule has 0 fully saturated rings. The Labute approximate surface area is 362 Å². The van der Waals surface area contributed by atoms with Crippen molar-refractivity contribution >= 4 is 27.2 Å². The third kappa shape index (κ3) is 7.42. The molecule has 0 aliphatic carbocycles. The van der Waals surface area contributed by atoms with Crippen LogP contribution < -0.4 is 0 Å². The van der Waals surface area contributed by atoms with Crippen LogP contribution in [0.15, 0.2) is 182 Å². The maximum absolute atomic E-state index is 8.17. The monoisotopic (exact) mass is 794 g/mol. The number of fused-ring (bicyclic) bond motifs is 3. The first-order valence-electron chi connectivity index (χ1n) is 20.9. The van der Waals surface area contributed by atoms with Crippen LogP contribution in [-0.2, 0) is 0 Å². The van der Waals surface area contributed by atoms with Gasteiger partial charge in [0.05, 0.1) is 6.57 Å². The van der Waals surface area contributed by atoms with Gasteiger partial charge in [-0.2, -0.15) is 0 Å². The van der Waals surface area contributed by atoms with E-state index in [0.29, 0.717) is 23.2 Å². The highest BCUT2D eigenvalue weighted by molar-refractivity contribution is 6.08. The van der Waals surface area contributed by atoms with Crippen LogP contribution in [-0.4, -0.2) is 15.0 Å². The van der Waals surface area contributed by atoms with Gasteiger partial charge in [0.15, 0.2) is 23.2 Å². The average Bonchev–Trinajstić information content (AvgIpc) is 3.30. The SMILES string of the molecule is [C-]#[N+]c1cc(-c2cccc(-c3ccc4c(ccc5ccccc54)c3)c2)cc(-c2ccccc2-c2ccccc2-c2nc(-c3cc(C)cc(C)c3)nc(-c3cc(C)cc(C)c3)n2)c1. The van der Waals surface area contributed by atoms with Crippen LogP contribution in [0.3, 0.4) is 0 Å². The van der Waals surface area contributed by atoms with Gasteiger partial charge in [-0.25, -0.2) is 19.8 Å². The van der Waals surface area contributed by atoms with E-state index in [9.17, 15) is 0 Å². The number of rotatable bonds is 7. The van der Waals surface area contributed by atoms with Crippen molar-refractivity contribution in [2.75, 3.05) is 0 Å². The molecule has 0 amide bonds. The summed E-state index contributed by atoms with van der Waals surface area (Å²) >= 11 is 0. The lowest BCUT2D eigenvalue weighted by molar-refractivity contribution is 1.07. The van der Waals surface area contributed by atoms with Crippen molar-refractivity contribution in [3.05, 3.63) is 216 Å². The molecule has 4 heteroatoms. The molecule has 0 atom stereocenters. The molecule has 0 aliphatic heterocycles. The zero-order valence-corrected chi connectivity index (χ0v) is 35.1. The fourth-order valence-corrected chi connectivity index (χ4v) is 8.91. The standard InChI is InChI=1S/C58H42N4/c1-36-25-37(2)28-47(27-36)56-60-57(48-29-38(3)26-39(4)30-48)62-58(61-56)55-20-11-10-19-54(55)53-18-9-8-17-51(53)46-33-45(34-49(35-46)59-5)42-15-12-14-41(31-42)43-23-24-52-44(32-43)22-21-40-13-6-7-16-50(40)52/h6-35H,1-4H3. The molecule has 1 heterocycles. The molecule has 0 unspecified atom stereocenters. The molecule has 10 rings (SSSR count). The van der Waals surface area contributed by atoms with Crippen molar-refractivity contribution in [3.63, 3.8) is 0 Å². The average molecular weight is 795 g/mol. The van der Waals surface area contributed by atoms with Crippen LogP contribution in [0.4, 0.5) is 5.69 Å². The third-order valence-electron chi connectivity index (χ3n) is 11.6. The topological polar surface area (TPSA) is 43.0 Å². The molecule has 1 aromatic heterocycles. The predicted molar refractivity (Wildman–Crippen MR) is 258 cm³/mol. The third-order valence-corrected chi connectivity index (χ3v) is 11.6. The number of aryl methyl sites for hydroxylation is 4. The van der Waals surface area contributed by atoms with Crippen molar-refractivity contribution < 1.29 is 0 Å². The van der Waals surface area contributed by atoms with E-state index >= 15 is 0 Å². The molecule has 0 saturated heterocycles. The van der Waals surface area contributed by atoms with E-state index in [2.05, 4.69) is 196 Å². The smallest absolute Gasteiger partial charge is 0.188 e. The summed E-state index contributed by atoms with van der Waals surface area (Å²) in [7, 11) is 0. The molecule has 294 valence electrons. The summed E-state index contributed by atoms with van der Waals surface area (Å²) in [6.07, 6.45) is 0.